The number of rotatable bonds is 7. The molecule has 3 nitrogen and oxygen atoms in total. The Bertz CT molecular complexity index is 522. The minimum Gasteiger partial charge on any atom is -0.468 e. The fourth-order valence-electron chi connectivity index (χ4n) is 2.15. The molecule has 20 heavy (non-hydrogen) atoms. The van der Waals surface area contributed by atoms with Gasteiger partial charge in [0.05, 0.1) is 12.8 Å². The third-order valence-corrected chi connectivity index (χ3v) is 3.18. The van der Waals surface area contributed by atoms with Crippen molar-refractivity contribution in [2.75, 3.05) is 13.6 Å². The lowest BCUT2D eigenvalue weighted by Crippen LogP contribution is -2.19. The van der Waals surface area contributed by atoms with Crippen molar-refractivity contribution in [3.8, 4) is 0 Å². The van der Waals surface area contributed by atoms with Gasteiger partial charge in [0, 0.05) is 18.7 Å². The Hall–Kier alpha value is -1.65. The Balaban J connectivity index is 1.92. The molecule has 0 aliphatic rings. The first-order valence-corrected chi connectivity index (χ1v) is 6.88. The molecule has 0 bridgehead atoms. The first-order valence-electron chi connectivity index (χ1n) is 6.88. The van der Waals surface area contributed by atoms with E-state index in [-0.39, 0.29) is 5.82 Å². The van der Waals surface area contributed by atoms with Gasteiger partial charge in [-0.25, -0.2) is 4.39 Å². The van der Waals surface area contributed by atoms with Crippen LogP contribution in [-0.4, -0.2) is 18.5 Å². The summed E-state index contributed by atoms with van der Waals surface area (Å²) in [5.41, 5.74) is 2.29. The largest absolute Gasteiger partial charge is 0.468 e. The van der Waals surface area contributed by atoms with Crippen LogP contribution < -0.4 is 5.32 Å². The second-order valence-electron chi connectivity index (χ2n) is 4.95. The lowest BCUT2D eigenvalue weighted by Gasteiger charge is -2.16. The summed E-state index contributed by atoms with van der Waals surface area (Å²) in [4.78, 5) is 2.19. The van der Waals surface area contributed by atoms with Gasteiger partial charge in [0.2, 0.25) is 0 Å². The topological polar surface area (TPSA) is 28.4 Å². The monoisotopic (exact) mass is 276 g/mol. The molecule has 1 aromatic carbocycles. The number of hydrogen-bond acceptors (Lipinski definition) is 3. The van der Waals surface area contributed by atoms with E-state index in [0.29, 0.717) is 0 Å². The van der Waals surface area contributed by atoms with Gasteiger partial charge in [0.25, 0.3) is 0 Å². The highest BCUT2D eigenvalue weighted by molar-refractivity contribution is 5.18. The van der Waals surface area contributed by atoms with E-state index in [1.54, 1.807) is 6.26 Å². The number of nitrogens with one attached hydrogen (secondary N) is 1. The molecular formula is C16H21FN2O. The molecule has 0 spiro atoms. The van der Waals surface area contributed by atoms with Gasteiger partial charge in [-0.2, -0.15) is 0 Å². The van der Waals surface area contributed by atoms with Crippen LogP contribution in [0.15, 0.2) is 41.0 Å². The molecule has 0 fully saturated rings. The Morgan fingerprint density at radius 2 is 1.90 bits per heavy atom. The van der Waals surface area contributed by atoms with E-state index in [2.05, 4.69) is 17.1 Å². The van der Waals surface area contributed by atoms with Crippen molar-refractivity contribution in [3.05, 3.63) is 59.3 Å². The lowest BCUT2D eigenvalue weighted by molar-refractivity contribution is 0.314. The molecule has 108 valence electrons. The number of benzene rings is 1. The van der Waals surface area contributed by atoms with Crippen LogP contribution in [0.1, 0.15) is 23.8 Å². The molecule has 0 saturated carbocycles. The highest BCUT2D eigenvalue weighted by Gasteiger charge is 2.09. The predicted molar refractivity (Wildman–Crippen MR) is 77.7 cm³/mol. The van der Waals surface area contributed by atoms with E-state index in [4.69, 9.17) is 4.42 Å². The van der Waals surface area contributed by atoms with Gasteiger partial charge in [0.1, 0.15) is 11.6 Å². The molecule has 2 rings (SSSR count). The summed E-state index contributed by atoms with van der Waals surface area (Å²) in [6.45, 7) is 5.35. The summed E-state index contributed by atoms with van der Waals surface area (Å²) in [6.07, 6.45) is 1.73. The maximum Gasteiger partial charge on any atom is 0.123 e. The van der Waals surface area contributed by atoms with E-state index in [9.17, 15) is 4.39 Å². The number of nitrogens with zero attached hydrogens (tertiary/aromatic N) is 1. The third kappa shape index (κ3) is 4.18. The highest BCUT2D eigenvalue weighted by Crippen LogP contribution is 2.14. The maximum absolute atomic E-state index is 12.9. The van der Waals surface area contributed by atoms with Crippen molar-refractivity contribution in [3.63, 3.8) is 0 Å². The van der Waals surface area contributed by atoms with Crippen LogP contribution in [0.3, 0.4) is 0 Å². The number of furan rings is 1. The Labute approximate surface area is 119 Å². The first kappa shape index (κ1) is 14.8. The van der Waals surface area contributed by atoms with Crippen LogP contribution >= 0.6 is 0 Å². The van der Waals surface area contributed by atoms with E-state index in [0.717, 1.165) is 37.5 Å². The number of halogens is 1. The van der Waals surface area contributed by atoms with Crippen molar-refractivity contribution in [1.29, 1.82) is 0 Å². The predicted octanol–water partition coefficient (Wildman–Crippen LogP) is 3.16. The van der Waals surface area contributed by atoms with E-state index < -0.39 is 0 Å². The van der Waals surface area contributed by atoms with Crippen molar-refractivity contribution >= 4 is 0 Å². The molecule has 4 heteroatoms. The molecule has 1 aromatic heterocycles. The maximum atomic E-state index is 12.9. The van der Waals surface area contributed by atoms with E-state index in [1.807, 2.05) is 25.2 Å². The standard InChI is InChI=1S/C16H21FN2O/c1-3-18-10-16-14(8-9-20-16)12-19(2)11-13-4-6-15(17)7-5-13/h4-9,18H,3,10-12H2,1-2H3. The van der Waals surface area contributed by atoms with Gasteiger partial charge in [0.15, 0.2) is 0 Å². The van der Waals surface area contributed by atoms with E-state index >= 15 is 0 Å². The van der Waals surface area contributed by atoms with Crippen molar-refractivity contribution in [2.45, 2.75) is 26.6 Å². The molecule has 0 radical (unpaired) electrons. The smallest absolute Gasteiger partial charge is 0.123 e. The summed E-state index contributed by atoms with van der Waals surface area (Å²) < 4.78 is 18.4. The quantitative estimate of drug-likeness (QED) is 0.842. The van der Waals surface area contributed by atoms with Gasteiger partial charge >= 0.3 is 0 Å². The second-order valence-corrected chi connectivity index (χ2v) is 4.95. The summed E-state index contributed by atoms with van der Waals surface area (Å²) in [7, 11) is 2.05. The van der Waals surface area contributed by atoms with Crippen molar-refractivity contribution in [2.24, 2.45) is 0 Å². The Kier molecular flexibility index (Phi) is 5.32. The van der Waals surface area contributed by atoms with E-state index in [1.165, 1.54) is 17.7 Å². The van der Waals surface area contributed by atoms with Crippen LogP contribution in [0.4, 0.5) is 4.39 Å². The van der Waals surface area contributed by atoms with Crippen molar-refractivity contribution in [1.82, 2.24) is 10.2 Å². The summed E-state index contributed by atoms with van der Waals surface area (Å²) in [5, 5.41) is 3.27. The van der Waals surface area contributed by atoms with Crippen LogP contribution in [0, 0.1) is 5.82 Å². The average Bonchev–Trinajstić information content (AvgIpc) is 2.86. The normalized spacial score (nSPS) is 11.2. The van der Waals surface area contributed by atoms with Gasteiger partial charge in [-0.1, -0.05) is 19.1 Å². The van der Waals surface area contributed by atoms with Crippen LogP contribution in [0.2, 0.25) is 0 Å². The van der Waals surface area contributed by atoms with Gasteiger partial charge in [-0.3, -0.25) is 4.90 Å². The number of hydrogen-bond donors (Lipinski definition) is 1. The molecule has 2 aromatic rings. The van der Waals surface area contributed by atoms with Gasteiger partial charge in [-0.15, -0.1) is 0 Å². The molecule has 0 unspecified atom stereocenters. The fraction of sp³-hybridized carbons (Fsp3) is 0.375. The SMILES string of the molecule is CCNCc1occc1CN(C)Cc1ccc(F)cc1. The van der Waals surface area contributed by atoms with Gasteiger partial charge < -0.3 is 9.73 Å². The minimum absolute atomic E-state index is 0.195. The zero-order valence-corrected chi connectivity index (χ0v) is 12.0. The molecular weight excluding hydrogens is 255 g/mol. The molecule has 0 atom stereocenters. The molecule has 1 heterocycles. The zero-order valence-electron chi connectivity index (χ0n) is 12.0. The van der Waals surface area contributed by atoms with Gasteiger partial charge in [-0.05, 0) is 37.4 Å². The third-order valence-electron chi connectivity index (χ3n) is 3.18. The first-order chi connectivity index (χ1) is 9.69. The fourth-order valence-corrected chi connectivity index (χ4v) is 2.15. The van der Waals surface area contributed by atoms with Crippen LogP contribution in [-0.2, 0) is 19.6 Å². The summed E-state index contributed by atoms with van der Waals surface area (Å²) >= 11 is 0. The molecule has 0 aliphatic heterocycles. The summed E-state index contributed by atoms with van der Waals surface area (Å²) in [5.74, 6) is 0.789. The van der Waals surface area contributed by atoms with Crippen LogP contribution in [0.5, 0.6) is 0 Å². The summed E-state index contributed by atoms with van der Waals surface area (Å²) in [6, 6.07) is 8.64. The highest BCUT2D eigenvalue weighted by atomic mass is 19.1. The molecule has 1 N–H and O–H groups in total. The van der Waals surface area contributed by atoms with Crippen molar-refractivity contribution < 1.29 is 8.81 Å². The average molecular weight is 276 g/mol. The molecule has 0 amide bonds. The second kappa shape index (κ2) is 7.22. The zero-order chi connectivity index (χ0) is 14.4. The minimum atomic E-state index is -0.195. The van der Waals surface area contributed by atoms with Crippen LogP contribution in [0.25, 0.3) is 0 Å². The Morgan fingerprint density at radius 1 is 1.15 bits per heavy atom. The lowest BCUT2D eigenvalue weighted by atomic mass is 10.2. The molecule has 0 saturated heterocycles. The Morgan fingerprint density at radius 3 is 2.60 bits per heavy atom. The molecule has 0 aliphatic carbocycles.